The topological polar surface area (TPSA) is 31.0 Å². The summed E-state index contributed by atoms with van der Waals surface area (Å²) in [6.07, 6.45) is 2.06. The van der Waals surface area contributed by atoms with Gasteiger partial charge in [0.2, 0.25) is 5.89 Å². The average Bonchev–Trinajstić information content (AvgIpc) is 2.85. The van der Waals surface area contributed by atoms with E-state index in [4.69, 9.17) is 4.42 Å². The third kappa shape index (κ3) is 1.97. The Balaban J connectivity index is 2.02. The molecule has 0 radical (unpaired) electrons. The Morgan fingerprint density at radius 1 is 1.28 bits per heavy atom. The molecule has 0 atom stereocenters. The van der Waals surface area contributed by atoms with Gasteiger partial charge >= 0.3 is 0 Å². The SMILES string of the molecule is Cc1nc(Cn2ccc3ccc(Br)cc32)oc1C. The summed E-state index contributed by atoms with van der Waals surface area (Å²) in [7, 11) is 0. The zero-order chi connectivity index (χ0) is 12.7. The maximum absolute atomic E-state index is 5.62. The molecule has 92 valence electrons. The molecule has 0 amide bonds. The fourth-order valence-corrected chi connectivity index (χ4v) is 2.40. The lowest BCUT2D eigenvalue weighted by Gasteiger charge is -2.02. The van der Waals surface area contributed by atoms with E-state index in [-0.39, 0.29) is 0 Å². The van der Waals surface area contributed by atoms with Crippen LogP contribution in [0.5, 0.6) is 0 Å². The van der Waals surface area contributed by atoms with Crippen LogP contribution in [0.1, 0.15) is 17.3 Å². The summed E-state index contributed by atoms with van der Waals surface area (Å²) in [5.74, 6) is 1.64. The van der Waals surface area contributed by atoms with Crippen LogP contribution in [0.4, 0.5) is 0 Å². The van der Waals surface area contributed by atoms with E-state index in [0.29, 0.717) is 6.54 Å². The molecular formula is C14H13BrN2O. The lowest BCUT2D eigenvalue weighted by molar-refractivity contribution is 0.459. The molecule has 3 rings (SSSR count). The molecule has 1 aromatic carbocycles. The highest BCUT2D eigenvalue weighted by atomic mass is 79.9. The predicted octanol–water partition coefficient (Wildman–Crippen LogP) is 4.06. The Labute approximate surface area is 114 Å². The molecule has 3 aromatic rings. The van der Waals surface area contributed by atoms with Gasteiger partial charge in [0.1, 0.15) is 5.76 Å². The number of hydrogen-bond acceptors (Lipinski definition) is 2. The van der Waals surface area contributed by atoms with Gasteiger partial charge in [-0.2, -0.15) is 0 Å². The van der Waals surface area contributed by atoms with Crippen molar-refractivity contribution in [2.75, 3.05) is 0 Å². The lowest BCUT2D eigenvalue weighted by Crippen LogP contribution is -1.98. The Bertz CT molecular complexity index is 692. The number of aromatic nitrogens is 2. The minimum atomic E-state index is 0.661. The second-order valence-corrected chi connectivity index (χ2v) is 5.31. The van der Waals surface area contributed by atoms with Crippen LogP contribution in [0.2, 0.25) is 0 Å². The molecule has 0 saturated carbocycles. The van der Waals surface area contributed by atoms with Crippen LogP contribution in [0.3, 0.4) is 0 Å². The van der Waals surface area contributed by atoms with Crippen LogP contribution in [-0.2, 0) is 6.54 Å². The van der Waals surface area contributed by atoms with Gasteiger partial charge in [-0.05, 0) is 37.4 Å². The van der Waals surface area contributed by atoms with Crippen LogP contribution in [-0.4, -0.2) is 9.55 Å². The van der Waals surface area contributed by atoms with Crippen molar-refractivity contribution < 1.29 is 4.42 Å². The number of fused-ring (bicyclic) bond motifs is 1. The van der Waals surface area contributed by atoms with Crippen LogP contribution in [0.25, 0.3) is 10.9 Å². The predicted molar refractivity (Wildman–Crippen MR) is 74.7 cm³/mol. The summed E-state index contributed by atoms with van der Waals surface area (Å²) in [5.41, 5.74) is 2.14. The zero-order valence-electron chi connectivity index (χ0n) is 10.3. The van der Waals surface area contributed by atoms with Gasteiger partial charge in [-0.3, -0.25) is 0 Å². The Hall–Kier alpha value is -1.55. The molecule has 0 unspecified atom stereocenters. The van der Waals surface area contributed by atoms with E-state index in [0.717, 1.165) is 21.8 Å². The van der Waals surface area contributed by atoms with Crippen LogP contribution in [0.15, 0.2) is 39.4 Å². The highest BCUT2D eigenvalue weighted by Gasteiger charge is 2.08. The summed E-state index contributed by atoms with van der Waals surface area (Å²) in [4.78, 5) is 4.42. The van der Waals surface area contributed by atoms with Crippen LogP contribution >= 0.6 is 15.9 Å². The first kappa shape index (κ1) is 11.5. The van der Waals surface area contributed by atoms with Crippen LogP contribution in [0, 0.1) is 13.8 Å². The maximum atomic E-state index is 5.62. The first-order chi connectivity index (χ1) is 8.63. The van der Waals surface area contributed by atoms with Crippen molar-refractivity contribution in [2.45, 2.75) is 20.4 Å². The van der Waals surface area contributed by atoms with Crippen molar-refractivity contribution in [3.8, 4) is 0 Å². The third-order valence-corrected chi connectivity index (χ3v) is 3.61. The second-order valence-electron chi connectivity index (χ2n) is 4.40. The minimum Gasteiger partial charge on any atom is -0.444 e. The lowest BCUT2D eigenvalue weighted by atomic mass is 10.2. The number of benzene rings is 1. The third-order valence-electron chi connectivity index (χ3n) is 3.11. The van der Waals surface area contributed by atoms with E-state index in [1.807, 2.05) is 19.9 Å². The van der Waals surface area contributed by atoms with Crippen molar-refractivity contribution in [1.82, 2.24) is 9.55 Å². The standard InChI is InChI=1S/C14H13BrN2O/c1-9-10(2)18-14(16-9)8-17-6-5-11-3-4-12(15)7-13(11)17/h3-7H,8H2,1-2H3. The highest BCUT2D eigenvalue weighted by molar-refractivity contribution is 9.10. The summed E-state index contributed by atoms with van der Waals surface area (Å²) < 4.78 is 8.85. The van der Waals surface area contributed by atoms with Crippen molar-refractivity contribution in [1.29, 1.82) is 0 Å². The molecule has 0 fully saturated rings. The zero-order valence-corrected chi connectivity index (χ0v) is 11.9. The largest absolute Gasteiger partial charge is 0.444 e. The Morgan fingerprint density at radius 3 is 2.83 bits per heavy atom. The molecule has 4 heteroatoms. The fourth-order valence-electron chi connectivity index (χ4n) is 2.05. The Morgan fingerprint density at radius 2 is 2.11 bits per heavy atom. The number of oxazole rings is 1. The molecule has 2 aromatic heterocycles. The van der Waals surface area contributed by atoms with E-state index < -0.39 is 0 Å². The molecule has 0 aliphatic heterocycles. The number of rotatable bonds is 2. The van der Waals surface area contributed by atoms with Crippen molar-refractivity contribution >= 4 is 26.8 Å². The molecule has 0 N–H and O–H groups in total. The van der Waals surface area contributed by atoms with Gasteiger partial charge in [0, 0.05) is 16.2 Å². The summed E-state index contributed by atoms with van der Waals surface area (Å²) in [5, 5.41) is 1.22. The summed E-state index contributed by atoms with van der Waals surface area (Å²) in [6.45, 7) is 4.57. The van der Waals surface area contributed by atoms with E-state index in [1.165, 1.54) is 10.9 Å². The van der Waals surface area contributed by atoms with Gasteiger partial charge in [-0.15, -0.1) is 0 Å². The number of aryl methyl sites for hydroxylation is 2. The van der Waals surface area contributed by atoms with Crippen LogP contribution < -0.4 is 0 Å². The quantitative estimate of drug-likeness (QED) is 0.715. The smallest absolute Gasteiger partial charge is 0.214 e. The van der Waals surface area contributed by atoms with E-state index >= 15 is 0 Å². The monoisotopic (exact) mass is 304 g/mol. The normalized spacial score (nSPS) is 11.3. The molecular weight excluding hydrogens is 292 g/mol. The highest BCUT2D eigenvalue weighted by Crippen LogP contribution is 2.22. The van der Waals surface area contributed by atoms with E-state index in [1.54, 1.807) is 0 Å². The van der Waals surface area contributed by atoms with Gasteiger partial charge in [-0.25, -0.2) is 4.98 Å². The Kier molecular flexibility index (Phi) is 2.74. The molecule has 0 aliphatic carbocycles. The number of hydrogen-bond donors (Lipinski definition) is 0. The molecule has 2 heterocycles. The number of halogens is 1. The van der Waals surface area contributed by atoms with Gasteiger partial charge in [0.15, 0.2) is 0 Å². The second kappa shape index (κ2) is 4.28. The molecule has 0 spiro atoms. The van der Waals surface area contributed by atoms with Crippen molar-refractivity contribution in [3.05, 3.63) is 52.3 Å². The molecule has 3 nitrogen and oxygen atoms in total. The van der Waals surface area contributed by atoms with Crippen molar-refractivity contribution in [2.24, 2.45) is 0 Å². The molecule has 0 aliphatic rings. The number of nitrogens with zero attached hydrogens (tertiary/aromatic N) is 2. The van der Waals surface area contributed by atoms with Gasteiger partial charge in [-0.1, -0.05) is 22.0 Å². The fraction of sp³-hybridized carbons (Fsp3) is 0.214. The van der Waals surface area contributed by atoms with E-state index in [9.17, 15) is 0 Å². The first-order valence-corrected chi connectivity index (χ1v) is 6.60. The van der Waals surface area contributed by atoms with Gasteiger partial charge in [0.05, 0.1) is 12.2 Å². The van der Waals surface area contributed by atoms with Gasteiger partial charge in [0.25, 0.3) is 0 Å². The molecule has 18 heavy (non-hydrogen) atoms. The summed E-state index contributed by atoms with van der Waals surface area (Å²) >= 11 is 3.50. The molecule has 0 saturated heterocycles. The minimum absolute atomic E-state index is 0.661. The van der Waals surface area contributed by atoms with E-state index in [2.05, 4.69) is 49.9 Å². The summed E-state index contributed by atoms with van der Waals surface area (Å²) in [6, 6.07) is 8.36. The average molecular weight is 305 g/mol. The van der Waals surface area contributed by atoms with Gasteiger partial charge < -0.3 is 8.98 Å². The van der Waals surface area contributed by atoms with Crippen molar-refractivity contribution in [3.63, 3.8) is 0 Å². The molecule has 0 bridgehead atoms. The first-order valence-electron chi connectivity index (χ1n) is 5.81. The maximum Gasteiger partial charge on any atom is 0.214 e.